The summed E-state index contributed by atoms with van der Waals surface area (Å²) in [6.07, 6.45) is 3.58. The Hall–Kier alpha value is -3.73. The van der Waals surface area contributed by atoms with Gasteiger partial charge in [0.15, 0.2) is 0 Å². The van der Waals surface area contributed by atoms with Crippen LogP contribution in [0.5, 0.6) is 0 Å². The van der Waals surface area contributed by atoms with Crippen molar-refractivity contribution in [2.45, 2.75) is 39.5 Å². The topological polar surface area (TPSA) is 57.4 Å². The normalized spacial score (nSPS) is 12.9. The van der Waals surface area contributed by atoms with Gasteiger partial charge < -0.3 is 9.97 Å². The van der Waals surface area contributed by atoms with Crippen molar-refractivity contribution >= 4 is 11.0 Å². The zero-order valence-electron chi connectivity index (χ0n) is 19.0. The molecule has 5 heteroatoms. The van der Waals surface area contributed by atoms with Crippen molar-refractivity contribution in [2.24, 2.45) is 0 Å². The Bertz CT molecular complexity index is 1520. The standard InChI is InChI=1S/C28H25FN4/c1-15(2)28-32-25-11-10-21-20-7-4-17(12-19(20)6-8-22(21)27(25)33-28)18-5-9-23(24(29)13-18)26-14-30-16(3)31-26/h4-5,7,9-15H,6,8H2,1-3H3,(H,30,31)(H,32,33). The Labute approximate surface area is 191 Å². The summed E-state index contributed by atoms with van der Waals surface area (Å²) in [5, 5.41) is 0. The van der Waals surface area contributed by atoms with Crippen molar-refractivity contribution in [3.8, 4) is 33.5 Å². The van der Waals surface area contributed by atoms with Gasteiger partial charge in [-0.05, 0) is 71.3 Å². The second-order valence-electron chi connectivity index (χ2n) is 9.21. The summed E-state index contributed by atoms with van der Waals surface area (Å²) in [5.74, 6) is 1.93. The van der Waals surface area contributed by atoms with Gasteiger partial charge in [0.2, 0.25) is 0 Å². The fourth-order valence-electron chi connectivity index (χ4n) is 4.90. The summed E-state index contributed by atoms with van der Waals surface area (Å²) in [6.45, 7) is 6.18. The molecule has 2 heterocycles. The summed E-state index contributed by atoms with van der Waals surface area (Å²) >= 11 is 0. The number of aromatic nitrogens is 4. The lowest BCUT2D eigenvalue weighted by Gasteiger charge is -2.21. The van der Waals surface area contributed by atoms with E-state index in [4.69, 9.17) is 4.98 Å². The first-order valence-electron chi connectivity index (χ1n) is 11.4. The number of rotatable bonds is 3. The monoisotopic (exact) mass is 436 g/mol. The minimum absolute atomic E-state index is 0.249. The van der Waals surface area contributed by atoms with Crippen molar-refractivity contribution < 1.29 is 4.39 Å². The van der Waals surface area contributed by atoms with E-state index in [0.717, 1.165) is 46.7 Å². The highest BCUT2D eigenvalue weighted by atomic mass is 19.1. The van der Waals surface area contributed by atoms with E-state index in [2.05, 4.69) is 59.1 Å². The highest BCUT2D eigenvalue weighted by Crippen LogP contribution is 2.39. The third-order valence-corrected chi connectivity index (χ3v) is 6.66. The second kappa shape index (κ2) is 7.41. The van der Waals surface area contributed by atoms with Crippen LogP contribution in [0.15, 0.2) is 54.7 Å². The minimum atomic E-state index is -0.249. The summed E-state index contributed by atoms with van der Waals surface area (Å²) < 4.78 is 14.9. The van der Waals surface area contributed by atoms with E-state index in [-0.39, 0.29) is 5.82 Å². The first-order valence-corrected chi connectivity index (χ1v) is 11.4. The van der Waals surface area contributed by atoms with E-state index in [1.54, 1.807) is 12.3 Å². The van der Waals surface area contributed by atoms with Crippen LogP contribution in [0.4, 0.5) is 4.39 Å². The fraction of sp³-hybridized carbons (Fsp3) is 0.214. The lowest BCUT2D eigenvalue weighted by atomic mass is 9.83. The summed E-state index contributed by atoms with van der Waals surface area (Å²) in [6, 6.07) is 16.2. The van der Waals surface area contributed by atoms with Gasteiger partial charge in [-0.15, -0.1) is 0 Å². The Morgan fingerprint density at radius 3 is 2.36 bits per heavy atom. The molecule has 2 aromatic heterocycles. The van der Waals surface area contributed by atoms with Gasteiger partial charge in [-0.1, -0.05) is 44.2 Å². The average Bonchev–Trinajstić information content (AvgIpc) is 3.45. The minimum Gasteiger partial charge on any atom is -0.342 e. The van der Waals surface area contributed by atoms with Gasteiger partial charge in [0.25, 0.3) is 0 Å². The molecule has 1 aliphatic carbocycles. The maximum atomic E-state index is 14.9. The number of imidazole rings is 2. The number of hydrogen-bond acceptors (Lipinski definition) is 2. The van der Waals surface area contributed by atoms with Crippen LogP contribution >= 0.6 is 0 Å². The number of nitrogens with one attached hydrogen (secondary N) is 2. The molecule has 0 saturated carbocycles. The van der Waals surface area contributed by atoms with Gasteiger partial charge in [-0.25, -0.2) is 14.4 Å². The van der Waals surface area contributed by atoms with Gasteiger partial charge in [0.1, 0.15) is 17.5 Å². The van der Waals surface area contributed by atoms with Crippen molar-refractivity contribution in [3.05, 3.63) is 83.3 Å². The van der Waals surface area contributed by atoms with Gasteiger partial charge in [-0.2, -0.15) is 0 Å². The number of aromatic amines is 2. The van der Waals surface area contributed by atoms with E-state index < -0.39 is 0 Å². The molecule has 0 amide bonds. The predicted octanol–water partition coefficient (Wildman–Crippen LogP) is 6.96. The molecule has 3 aromatic carbocycles. The van der Waals surface area contributed by atoms with Gasteiger partial charge in [0.05, 0.1) is 22.9 Å². The molecule has 33 heavy (non-hydrogen) atoms. The molecule has 0 saturated heterocycles. The maximum Gasteiger partial charge on any atom is 0.133 e. The zero-order chi connectivity index (χ0) is 22.7. The number of halogens is 1. The van der Waals surface area contributed by atoms with E-state index in [1.165, 1.54) is 22.3 Å². The second-order valence-corrected chi connectivity index (χ2v) is 9.21. The molecule has 0 atom stereocenters. The van der Waals surface area contributed by atoms with E-state index in [0.29, 0.717) is 17.2 Å². The number of benzene rings is 3. The van der Waals surface area contributed by atoms with Crippen LogP contribution < -0.4 is 0 Å². The van der Waals surface area contributed by atoms with Crippen molar-refractivity contribution in [1.82, 2.24) is 19.9 Å². The number of nitrogens with zero attached hydrogens (tertiary/aromatic N) is 2. The van der Waals surface area contributed by atoms with Crippen LogP contribution in [0.1, 0.15) is 42.5 Å². The fourth-order valence-corrected chi connectivity index (χ4v) is 4.90. The van der Waals surface area contributed by atoms with E-state index >= 15 is 0 Å². The van der Waals surface area contributed by atoms with Gasteiger partial charge >= 0.3 is 0 Å². The molecule has 5 aromatic rings. The molecule has 0 spiro atoms. The molecule has 0 unspecified atom stereocenters. The third kappa shape index (κ3) is 3.27. The predicted molar refractivity (Wildman–Crippen MR) is 131 cm³/mol. The number of H-pyrrole nitrogens is 2. The Morgan fingerprint density at radius 2 is 1.64 bits per heavy atom. The molecule has 0 aliphatic heterocycles. The molecule has 0 fully saturated rings. The van der Waals surface area contributed by atoms with Crippen LogP contribution in [0.3, 0.4) is 0 Å². The molecule has 4 nitrogen and oxygen atoms in total. The van der Waals surface area contributed by atoms with E-state index in [9.17, 15) is 4.39 Å². The quantitative estimate of drug-likeness (QED) is 0.321. The SMILES string of the molecule is Cc1ncc(-c2ccc(-c3ccc4c(c3)CCc3c-4ccc4[nH]c(C(C)C)nc34)cc2F)[nH]1. The first kappa shape index (κ1) is 19.9. The molecule has 0 radical (unpaired) electrons. The van der Waals surface area contributed by atoms with Gasteiger partial charge in [-0.3, -0.25) is 0 Å². The molecule has 164 valence electrons. The average molecular weight is 437 g/mol. The molecular weight excluding hydrogens is 411 g/mol. The summed E-state index contributed by atoms with van der Waals surface area (Å²) in [5.41, 5.74) is 10.5. The van der Waals surface area contributed by atoms with Crippen LogP contribution in [-0.4, -0.2) is 19.9 Å². The summed E-state index contributed by atoms with van der Waals surface area (Å²) in [4.78, 5) is 15.7. The van der Waals surface area contributed by atoms with Crippen molar-refractivity contribution in [1.29, 1.82) is 0 Å². The lowest BCUT2D eigenvalue weighted by molar-refractivity contribution is 0.631. The van der Waals surface area contributed by atoms with Crippen LogP contribution in [-0.2, 0) is 12.8 Å². The van der Waals surface area contributed by atoms with Crippen LogP contribution in [0.2, 0.25) is 0 Å². The largest absolute Gasteiger partial charge is 0.342 e. The highest BCUT2D eigenvalue weighted by molar-refractivity contribution is 5.90. The number of hydrogen-bond donors (Lipinski definition) is 2. The number of fused-ring (bicyclic) bond motifs is 5. The Morgan fingerprint density at radius 1 is 0.879 bits per heavy atom. The van der Waals surface area contributed by atoms with E-state index in [1.807, 2.05) is 19.1 Å². The zero-order valence-corrected chi connectivity index (χ0v) is 19.0. The van der Waals surface area contributed by atoms with Crippen LogP contribution in [0.25, 0.3) is 44.5 Å². The maximum absolute atomic E-state index is 14.9. The first-order chi connectivity index (χ1) is 16.0. The molecule has 2 N–H and O–H groups in total. The van der Waals surface area contributed by atoms with Crippen molar-refractivity contribution in [3.63, 3.8) is 0 Å². The third-order valence-electron chi connectivity index (χ3n) is 6.66. The number of aryl methyl sites for hydroxylation is 3. The summed E-state index contributed by atoms with van der Waals surface area (Å²) in [7, 11) is 0. The molecule has 0 bridgehead atoms. The molecule has 1 aliphatic rings. The Balaban J connectivity index is 1.39. The van der Waals surface area contributed by atoms with Crippen LogP contribution in [0, 0.1) is 12.7 Å². The smallest absolute Gasteiger partial charge is 0.133 e. The molecule has 6 rings (SSSR count). The van der Waals surface area contributed by atoms with Crippen molar-refractivity contribution in [2.75, 3.05) is 0 Å². The highest BCUT2D eigenvalue weighted by Gasteiger charge is 2.21. The molecular formula is C28H25FN4. The Kier molecular flexibility index (Phi) is 4.47. The lowest BCUT2D eigenvalue weighted by Crippen LogP contribution is -2.05. The van der Waals surface area contributed by atoms with Gasteiger partial charge in [0, 0.05) is 11.5 Å².